The Kier molecular flexibility index (Phi) is 6.01. The van der Waals surface area contributed by atoms with Crippen LogP contribution < -0.4 is 5.32 Å². The van der Waals surface area contributed by atoms with Gasteiger partial charge in [-0.3, -0.25) is 14.9 Å². The summed E-state index contributed by atoms with van der Waals surface area (Å²) in [6.45, 7) is 6.31. The molecule has 0 aliphatic heterocycles. The second-order valence-electron chi connectivity index (χ2n) is 6.10. The highest BCUT2D eigenvalue weighted by Crippen LogP contribution is 2.23. The number of nitro groups is 1. The molecule has 1 aromatic rings. The molecule has 0 radical (unpaired) electrons. The lowest BCUT2D eigenvalue weighted by molar-refractivity contribution is -0.387. The van der Waals surface area contributed by atoms with Gasteiger partial charge in [0.25, 0.3) is 0 Å². The van der Waals surface area contributed by atoms with Crippen molar-refractivity contribution >= 4 is 21.6 Å². The number of hydrogen-bond donors (Lipinski definition) is 1. The van der Waals surface area contributed by atoms with Crippen LogP contribution in [0.1, 0.15) is 27.7 Å². The van der Waals surface area contributed by atoms with E-state index in [0.29, 0.717) is 12.1 Å². The van der Waals surface area contributed by atoms with E-state index < -0.39 is 49.3 Å². The number of carbonyl (C=O) groups is 1. The van der Waals surface area contributed by atoms with Crippen LogP contribution in [0.15, 0.2) is 23.1 Å². The maximum Gasteiger partial charge on any atom is 0.306 e. The van der Waals surface area contributed by atoms with E-state index in [1.165, 1.54) is 6.92 Å². The molecule has 0 aromatic heterocycles. The molecule has 0 spiro atoms. The zero-order valence-electron chi connectivity index (χ0n) is 13.9. The van der Waals surface area contributed by atoms with Gasteiger partial charge in [-0.15, -0.1) is 0 Å². The van der Waals surface area contributed by atoms with E-state index in [0.717, 1.165) is 10.4 Å². The van der Waals surface area contributed by atoms with Gasteiger partial charge in [0.1, 0.15) is 0 Å². The molecule has 0 aliphatic rings. The Bertz CT molecular complexity index is 743. The number of hydrogen-bond acceptors (Lipinski definition) is 5. The van der Waals surface area contributed by atoms with E-state index in [1.807, 2.05) is 0 Å². The van der Waals surface area contributed by atoms with Gasteiger partial charge in [-0.05, 0) is 32.9 Å². The third-order valence-corrected chi connectivity index (χ3v) is 4.86. The third-order valence-electron chi connectivity index (χ3n) is 2.94. The van der Waals surface area contributed by atoms with Crippen molar-refractivity contribution < 1.29 is 22.5 Å². The quantitative estimate of drug-likeness (QED) is 0.612. The number of likely N-dealkylation sites (N-methyl/N-ethyl adjacent to an activating group) is 1. The lowest BCUT2D eigenvalue weighted by atomic mass is 10.1. The number of nitro benzene ring substituents is 1. The first kappa shape index (κ1) is 20.0. The molecular weight excluding hydrogens is 341 g/mol. The summed E-state index contributed by atoms with van der Waals surface area (Å²) in [6.07, 6.45) is 0. The minimum atomic E-state index is -4.17. The highest BCUT2D eigenvalue weighted by molar-refractivity contribution is 7.89. The Morgan fingerprint density at radius 2 is 1.96 bits per heavy atom. The maximum atomic E-state index is 13.4. The van der Waals surface area contributed by atoms with Crippen LogP contribution >= 0.6 is 0 Å². The average Bonchev–Trinajstić information content (AvgIpc) is 2.42. The Hall–Kier alpha value is -2.07. The maximum absolute atomic E-state index is 13.4. The molecule has 0 saturated carbocycles. The molecule has 0 saturated heterocycles. The van der Waals surface area contributed by atoms with Crippen LogP contribution in [0.4, 0.5) is 10.1 Å². The molecule has 0 bridgehead atoms. The van der Waals surface area contributed by atoms with Crippen LogP contribution in [-0.4, -0.2) is 42.2 Å². The van der Waals surface area contributed by atoms with Crippen LogP contribution in [0.3, 0.4) is 0 Å². The topological polar surface area (TPSA) is 110 Å². The third kappa shape index (κ3) is 4.96. The van der Waals surface area contributed by atoms with Gasteiger partial charge in [0.2, 0.25) is 21.7 Å². The highest BCUT2D eigenvalue weighted by atomic mass is 32.2. The first-order valence-electron chi connectivity index (χ1n) is 7.13. The second kappa shape index (κ2) is 7.22. The number of amides is 1. The molecule has 0 atom stereocenters. The zero-order valence-corrected chi connectivity index (χ0v) is 14.7. The Morgan fingerprint density at radius 1 is 1.38 bits per heavy atom. The average molecular weight is 361 g/mol. The van der Waals surface area contributed by atoms with E-state index in [2.05, 4.69) is 5.32 Å². The number of sulfonamides is 1. The zero-order chi connectivity index (χ0) is 18.7. The summed E-state index contributed by atoms with van der Waals surface area (Å²) in [4.78, 5) is 21.3. The Labute approximate surface area is 139 Å². The van der Waals surface area contributed by atoms with E-state index in [4.69, 9.17) is 0 Å². The molecule has 1 N–H and O–H groups in total. The minimum absolute atomic E-state index is 0.0227. The van der Waals surface area contributed by atoms with Crippen molar-refractivity contribution in [3.63, 3.8) is 0 Å². The SMILES string of the molecule is CCN(CC(=O)NC(C)(C)C)S(=O)(=O)c1ccc(F)c([N+](=O)[O-])c1. The van der Waals surface area contributed by atoms with Crippen molar-refractivity contribution in [1.29, 1.82) is 0 Å². The molecule has 24 heavy (non-hydrogen) atoms. The molecule has 1 amide bonds. The number of halogens is 1. The van der Waals surface area contributed by atoms with Crippen LogP contribution in [0, 0.1) is 15.9 Å². The number of nitrogens with zero attached hydrogens (tertiary/aromatic N) is 2. The lowest BCUT2D eigenvalue weighted by Crippen LogP contribution is -2.47. The van der Waals surface area contributed by atoms with Gasteiger partial charge in [-0.1, -0.05) is 6.92 Å². The highest BCUT2D eigenvalue weighted by Gasteiger charge is 2.29. The van der Waals surface area contributed by atoms with Gasteiger partial charge < -0.3 is 5.32 Å². The Morgan fingerprint density at radius 3 is 2.42 bits per heavy atom. The predicted octanol–water partition coefficient (Wildman–Crippen LogP) is 1.66. The van der Waals surface area contributed by atoms with Crippen molar-refractivity contribution in [2.45, 2.75) is 38.1 Å². The number of benzene rings is 1. The predicted molar refractivity (Wildman–Crippen MR) is 85.4 cm³/mol. The van der Waals surface area contributed by atoms with Crippen LogP contribution in [0.2, 0.25) is 0 Å². The van der Waals surface area contributed by atoms with Gasteiger partial charge >= 0.3 is 5.69 Å². The van der Waals surface area contributed by atoms with Crippen molar-refractivity contribution in [2.75, 3.05) is 13.1 Å². The first-order chi connectivity index (χ1) is 10.9. The van der Waals surface area contributed by atoms with Gasteiger partial charge in [0, 0.05) is 18.2 Å². The molecule has 10 heteroatoms. The summed E-state index contributed by atoms with van der Waals surface area (Å²) in [5, 5.41) is 13.4. The smallest absolute Gasteiger partial charge is 0.306 e. The number of nitrogens with one attached hydrogen (secondary N) is 1. The summed E-state index contributed by atoms with van der Waals surface area (Å²) in [6, 6.07) is 2.30. The van der Waals surface area contributed by atoms with E-state index in [9.17, 15) is 27.7 Å². The molecule has 134 valence electrons. The van der Waals surface area contributed by atoms with Crippen LogP contribution in [-0.2, 0) is 14.8 Å². The molecule has 0 fully saturated rings. The molecule has 0 aliphatic carbocycles. The summed E-state index contributed by atoms with van der Waals surface area (Å²) in [7, 11) is -4.17. The summed E-state index contributed by atoms with van der Waals surface area (Å²) in [5.74, 6) is -1.64. The van der Waals surface area contributed by atoms with Gasteiger partial charge in [-0.2, -0.15) is 8.70 Å². The fourth-order valence-corrected chi connectivity index (χ4v) is 3.35. The Balaban J connectivity index is 3.14. The van der Waals surface area contributed by atoms with Gasteiger partial charge in [-0.25, -0.2) is 8.42 Å². The summed E-state index contributed by atoms with van der Waals surface area (Å²) in [5.41, 5.74) is -1.47. The molecular formula is C14H20FN3O5S. The first-order valence-corrected chi connectivity index (χ1v) is 8.57. The molecule has 1 aromatic carbocycles. The normalized spacial score (nSPS) is 12.2. The van der Waals surface area contributed by atoms with Crippen molar-refractivity contribution in [1.82, 2.24) is 9.62 Å². The standard InChI is InChI=1S/C14H20FN3O5S/c1-5-17(9-13(19)16-14(2,3)4)24(22,23)10-6-7-11(15)12(8-10)18(20)21/h6-8H,5,9H2,1-4H3,(H,16,19). The second-order valence-corrected chi connectivity index (χ2v) is 8.04. The largest absolute Gasteiger partial charge is 0.350 e. The molecule has 1 rings (SSSR count). The lowest BCUT2D eigenvalue weighted by Gasteiger charge is -2.24. The number of rotatable bonds is 6. The van der Waals surface area contributed by atoms with Crippen molar-refractivity contribution in [2.24, 2.45) is 0 Å². The van der Waals surface area contributed by atoms with Gasteiger partial charge in [0.15, 0.2) is 0 Å². The molecule has 0 heterocycles. The summed E-state index contributed by atoms with van der Waals surface area (Å²) >= 11 is 0. The summed E-state index contributed by atoms with van der Waals surface area (Å²) < 4.78 is 39.3. The van der Waals surface area contributed by atoms with E-state index >= 15 is 0 Å². The van der Waals surface area contributed by atoms with Crippen LogP contribution in [0.5, 0.6) is 0 Å². The van der Waals surface area contributed by atoms with Gasteiger partial charge in [0.05, 0.1) is 16.4 Å². The molecule has 0 unspecified atom stereocenters. The van der Waals surface area contributed by atoms with E-state index in [-0.39, 0.29) is 6.54 Å². The fourth-order valence-electron chi connectivity index (χ4n) is 1.93. The van der Waals surface area contributed by atoms with Crippen molar-refractivity contribution in [3.8, 4) is 0 Å². The van der Waals surface area contributed by atoms with Crippen molar-refractivity contribution in [3.05, 3.63) is 34.1 Å². The number of carbonyl (C=O) groups excluding carboxylic acids is 1. The van der Waals surface area contributed by atoms with Crippen LogP contribution in [0.25, 0.3) is 0 Å². The van der Waals surface area contributed by atoms with E-state index in [1.54, 1.807) is 20.8 Å². The fraction of sp³-hybridized carbons (Fsp3) is 0.500. The monoisotopic (exact) mass is 361 g/mol. The minimum Gasteiger partial charge on any atom is -0.350 e. The molecule has 8 nitrogen and oxygen atoms in total.